The van der Waals surface area contributed by atoms with E-state index in [1.165, 1.54) is 10.3 Å². The Balaban J connectivity index is 1.87. The summed E-state index contributed by atoms with van der Waals surface area (Å²) in [6.07, 6.45) is 0.859. The molecule has 1 atom stereocenters. The molecule has 0 amide bonds. The molecule has 1 aromatic carbocycles. The number of pyridine rings is 1. The number of para-hydroxylation sites is 1. The number of nitrogens with one attached hydrogen (secondary N) is 1. The molecule has 1 N–H and O–H groups in total. The Labute approximate surface area is 127 Å². The van der Waals surface area contributed by atoms with Crippen molar-refractivity contribution in [3.05, 3.63) is 63.4 Å². The van der Waals surface area contributed by atoms with Gasteiger partial charge in [-0.15, -0.1) is 11.3 Å². The van der Waals surface area contributed by atoms with E-state index in [2.05, 4.69) is 35.6 Å². The van der Waals surface area contributed by atoms with Gasteiger partial charge in [0.2, 0.25) is 0 Å². The smallest absolute Gasteiger partial charge is 0.0931 e. The third-order valence-electron chi connectivity index (χ3n) is 3.36. The lowest BCUT2D eigenvalue weighted by Gasteiger charge is -2.14. The van der Waals surface area contributed by atoms with Crippen LogP contribution >= 0.6 is 22.9 Å². The minimum absolute atomic E-state index is 0.251. The first-order valence-electron chi connectivity index (χ1n) is 6.53. The zero-order valence-electron chi connectivity index (χ0n) is 11.1. The van der Waals surface area contributed by atoms with E-state index in [1.807, 2.05) is 25.2 Å². The van der Waals surface area contributed by atoms with Crippen LogP contribution < -0.4 is 5.32 Å². The van der Waals surface area contributed by atoms with Crippen LogP contribution in [0.5, 0.6) is 0 Å². The second kappa shape index (κ2) is 5.92. The van der Waals surface area contributed by atoms with E-state index in [1.54, 1.807) is 11.3 Å². The van der Waals surface area contributed by atoms with Gasteiger partial charge < -0.3 is 5.32 Å². The number of benzene rings is 1. The molecule has 4 heteroatoms. The summed E-state index contributed by atoms with van der Waals surface area (Å²) in [5.74, 6) is 0. The lowest BCUT2D eigenvalue weighted by molar-refractivity contribution is 0.595. The van der Waals surface area contributed by atoms with Crippen molar-refractivity contribution in [3.63, 3.8) is 0 Å². The molecule has 0 aliphatic heterocycles. The van der Waals surface area contributed by atoms with Gasteiger partial charge in [-0.05, 0) is 31.3 Å². The summed E-state index contributed by atoms with van der Waals surface area (Å²) < 4.78 is 0.826. The van der Waals surface area contributed by atoms with Crippen LogP contribution in [-0.4, -0.2) is 12.0 Å². The van der Waals surface area contributed by atoms with Gasteiger partial charge in [0.1, 0.15) is 0 Å². The monoisotopic (exact) mass is 302 g/mol. The van der Waals surface area contributed by atoms with Gasteiger partial charge in [-0.25, -0.2) is 0 Å². The molecule has 0 aliphatic rings. The lowest BCUT2D eigenvalue weighted by atomic mass is 10.1. The van der Waals surface area contributed by atoms with Gasteiger partial charge >= 0.3 is 0 Å². The lowest BCUT2D eigenvalue weighted by Crippen LogP contribution is -2.18. The van der Waals surface area contributed by atoms with Gasteiger partial charge in [-0.3, -0.25) is 4.98 Å². The summed E-state index contributed by atoms with van der Waals surface area (Å²) in [6.45, 7) is 0. The quantitative estimate of drug-likeness (QED) is 0.770. The predicted molar refractivity (Wildman–Crippen MR) is 86.6 cm³/mol. The Morgan fingerprint density at radius 3 is 2.75 bits per heavy atom. The van der Waals surface area contributed by atoms with Gasteiger partial charge in [0.05, 0.1) is 9.85 Å². The number of hydrogen-bond donors (Lipinski definition) is 1. The number of rotatable bonds is 4. The summed E-state index contributed by atoms with van der Waals surface area (Å²) in [5.41, 5.74) is 2.14. The number of hydrogen-bond acceptors (Lipinski definition) is 3. The molecular weight excluding hydrogens is 288 g/mol. The number of fused-ring (bicyclic) bond motifs is 1. The molecule has 0 spiro atoms. The summed E-state index contributed by atoms with van der Waals surface area (Å²) in [7, 11) is 1.97. The third-order valence-corrected chi connectivity index (χ3v) is 4.70. The topological polar surface area (TPSA) is 24.9 Å². The molecule has 0 saturated carbocycles. The van der Waals surface area contributed by atoms with E-state index in [4.69, 9.17) is 16.6 Å². The minimum Gasteiger partial charge on any atom is -0.312 e. The highest BCUT2D eigenvalue weighted by Crippen LogP contribution is 2.28. The van der Waals surface area contributed by atoms with Gasteiger partial charge in [0, 0.05) is 28.4 Å². The fraction of sp³-hybridized carbons (Fsp3) is 0.188. The average Bonchev–Trinajstić information content (AvgIpc) is 2.91. The normalized spacial score (nSPS) is 12.7. The molecule has 2 heterocycles. The van der Waals surface area contributed by atoms with Crippen molar-refractivity contribution in [2.45, 2.75) is 12.5 Å². The number of likely N-dealkylation sites (N-methyl/N-ethyl adjacent to an activating group) is 1. The van der Waals surface area contributed by atoms with E-state index in [9.17, 15) is 0 Å². The third kappa shape index (κ3) is 2.85. The molecule has 2 nitrogen and oxygen atoms in total. The Morgan fingerprint density at radius 1 is 1.15 bits per heavy atom. The predicted octanol–water partition coefficient (Wildman–Crippen LogP) is 4.45. The van der Waals surface area contributed by atoms with Crippen molar-refractivity contribution in [2.75, 3.05) is 7.05 Å². The van der Waals surface area contributed by atoms with Crippen LogP contribution in [0.4, 0.5) is 0 Å². The Kier molecular flexibility index (Phi) is 4.01. The molecular formula is C16H15ClN2S. The average molecular weight is 303 g/mol. The Bertz CT molecular complexity index is 723. The highest BCUT2D eigenvalue weighted by molar-refractivity contribution is 7.16. The van der Waals surface area contributed by atoms with E-state index >= 15 is 0 Å². The van der Waals surface area contributed by atoms with Crippen molar-refractivity contribution >= 4 is 33.8 Å². The van der Waals surface area contributed by atoms with Gasteiger partial charge in [-0.1, -0.05) is 35.9 Å². The summed E-state index contributed by atoms with van der Waals surface area (Å²) in [5, 5.41) is 4.52. The number of aromatic nitrogens is 1. The highest BCUT2D eigenvalue weighted by Gasteiger charge is 2.13. The highest BCUT2D eigenvalue weighted by atomic mass is 35.5. The fourth-order valence-electron chi connectivity index (χ4n) is 2.29. The molecule has 0 fully saturated rings. The van der Waals surface area contributed by atoms with Crippen molar-refractivity contribution in [3.8, 4) is 0 Å². The van der Waals surface area contributed by atoms with Gasteiger partial charge in [-0.2, -0.15) is 0 Å². The second-order valence-electron chi connectivity index (χ2n) is 4.68. The van der Waals surface area contributed by atoms with E-state index in [-0.39, 0.29) is 6.04 Å². The van der Waals surface area contributed by atoms with Crippen LogP contribution in [0, 0.1) is 0 Å². The molecule has 0 radical (unpaired) electrons. The minimum atomic E-state index is 0.251. The van der Waals surface area contributed by atoms with Crippen molar-refractivity contribution < 1.29 is 0 Å². The van der Waals surface area contributed by atoms with Gasteiger partial charge in [0.15, 0.2) is 0 Å². The van der Waals surface area contributed by atoms with Crippen LogP contribution in [0.25, 0.3) is 10.9 Å². The molecule has 2 aromatic heterocycles. The first-order chi connectivity index (χ1) is 9.76. The molecule has 3 rings (SSSR count). The standard InChI is InChI=1S/C16H15ClN2S/c1-18-14(15-8-9-16(17)20-15)10-12-7-6-11-4-2-3-5-13(11)19-12/h2-9,14,18H,10H2,1H3. The Hall–Kier alpha value is -1.42. The number of halogens is 1. The Morgan fingerprint density at radius 2 is 2.00 bits per heavy atom. The first kappa shape index (κ1) is 13.6. The molecule has 0 aliphatic carbocycles. The zero-order chi connectivity index (χ0) is 13.9. The van der Waals surface area contributed by atoms with Gasteiger partial charge in [0.25, 0.3) is 0 Å². The fourth-order valence-corrected chi connectivity index (χ4v) is 3.46. The van der Waals surface area contributed by atoms with E-state index in [0.29, 0.717) is 0 Å². The SMILES string of the molecule is CNC(Cc1ccc2ccccc2n1)c1ccc(Cl)s1. The maximum absolute atomic E-state index is 6.02. The van der Waals surface area contributed by atoms with Crippen LogP contribution in [0.2, 0.25) is 4.34 Å². The molecule has 0 saturated heterocycles. The van der Waals surface area contributed by atoms with Crippen molar-refractivity contribution in [1.82, 2.24) is 10.3 Å². The van der Waals surface area contributed by atoms with Crippen LogP contribution in [0.3, 0.4) is 0 Å². The largest absolute Gasteiger partial charge is 0.312 e. The van der Waals surface area contributed by atoms with Crippen LogP contribution in [0.15, 0.2) is 48.5 Å². The molecule has 0 bridgehead atoms. The maximum atomic E-state index is 6.02. The molecule has 20 heavy (non-hydrogen) atoms. The number of thiophene rings is 1. The zero-order valence-corrected chi connectivity index (χ0v) is 12.7. The summed E-state index contributed by atoms with van der Waals surface area (Å²) in [4.78, 5) is 5.97. The molecule has 1 unspecified atom stereocenters. The van der Waals surface area contributed by atoms with Crippen molar-refractivity contribution in [1.29, 1.82) is 0 Å². The van der Waals surface area contributed by atoms with Crippen molar-refractivity contribution in [2.24, 2.45) is 0 Å². The van der Waals surface area contributed by atoms with Crippen LogP contribution in [-0.2, 0) is 6.42 Å². The first-order valence-corrected chi connectivity index (χ1v) is 7.73. The summed E-state index contributed by atoms with van der Waals surface area (Å²) in [6, 6.07) is 16.7. The van der Waals surface area contributed by atoms with E-state index < -0.39 is 0 Å². The summed E-state index contributed by atoms with van der Waals surface area (Å²) >= 11 is 7.64. The van der Waals surface area contributed by atoms with E-state index in [0.717, 1.165) is 22.0 Å². The molecule has 102 valence electrons. The second-order valence-corrected chi connectivity index (χ2v) is 6.43. The maximum Gasteiger partial charge on any atom is 0.0931 e. The molecule has 3 aromatic rings. The van der Waals surface area contributed by atoms with Crippen LogP contribution in [0.1, 0.15) is 16.6 Å². The number of nitrogens with zero attached hydrogens (tertiary/aromatic N) is 1.